The fraction of sp³-hybridized carbons (Fsp3) is 0.632. The van der Waals surface area contributed by atoms with Crippen molar-refractivity contribution in [1.82, 2.24) is 10.2 Å². The van der Waals surface area contributed by atoms with E-state index < -0.39 is 0 Å². The zero-order valence-corrected chi connectivity index (χ0v) is 14.3. The van der Waals surface area contributed by atoms with Crippen LogP contribution >= 0.6 is 0 Å². The highest BCUT2D eigenvalue weighted by Crippen LogP contribution is 2.38. The zero-order chi connectivity index (χ0) is 16.8. The van der Waals surface area contributed by atoms with Crippen molar-refractivity contribution in [3.8, 4) is 11.5 Å². The molecule has 0 bridgehead atoms. The molecule has 1 N–H and O–H groups in total. The lowest BCUT2D eigenvalue weighted by Gasteiger charge is -2.35. The largest absolute Gasteiger partial charge is 0.486 e. The Morgan fingerprint density at radius 3 is 2.92 bits per heavy atom. The van der Waals surface area contributed by atoms with Crippen molar-refractivity contribution in [3.05, 3.63) is 23.8 Å². The van der Waals surface area contributed by atoms with Crippen molar-refractivity contribution in [3.63, 3.8) is 0 Å². The first-order valence-electron chi connectivity index (χ1n) is 9.33. The summed E-state index contributed by atoms with van der Waals surface area (Å²) in [6, 6.07) is 6.09. The fourth-order valence-electron chi connectivity index (χ4n) is 4.27. The Bertz CT molecular complexity index is 675. The maximum Gasteiger partial charge on any atom is 0.255 e. The zero-order valence-electron chi connectivity index (χ0n) is 14.3. The first-order valence-corrected chi connectivity index (χ1v) is 9.33. The van der Waals surface area contributed by atoms with Crippen molar-refractivity contribution in [2.45, 2.75) is 37.5 Å². The van der Waals surface area contributed by atoms with Crippen LogP contribution in [0.25, 0.3) is 0 Å². The number of fused-ring (bicyclic) bond motifs is 2. The second-order valence-electron chi connectivity index (χ2n) is 7.55. The summed E-state index contributed by atoms with van der Waals surface area (Å²) >= 11 is 0. The van der Waals surface area contributed by atoms with Gasteiger partial charge in [-0.05, 0) is 37.3 Å². The lowest BCUT2D eigenvalue weighted by molar-refractivity contribution is -0.0581. The molecule has 3 aliphatic heterocycles. The van der Waals surface area contributed by atoms with Gasteiger partial charge in [0.25, 0.3) is 5.91 Å². The summed E-state index contributed by atoms with van der Waals surface area (Å²) in [5, 5.41) is 3.19. The number of nitrogens with zero attached hydrogens (tertiary/aromatic N) is 1. The maximum absolute atomic E-state index is 12.8. The minimum Gasteiger partial charge on any atom is -0.486 e. The van der Waals surface area contributed by atoms with E-state index in [1.54, 1.807) is 6.07 Å². The van der Waals surface area contributed by atoms with Crippen LogP contribution in [0.2, 0.25) is 0 Å². The molecule has 3 fully saturated rings. The molecule has 4 aliphatic rings. The molecular formula is C19H24N2O4. The SMILES string of the molecule is O=C(N[C@H]1C[C@H]2CO[C@@H](C3CC3)CN2C1)c1cccc2c1OCCO2. The molecule has 1 saturated carbocycles. The number of carbonyl (C=O) groups is 1. The summed E-state index contributed by atoms with van der Waals surface area (Å²) < 4.78 is 17.3. The molecule has 0 radical (unpaired) electrons. The van der Waals surface area contributed by atoms with Gasteiger partial charge in [0, 0.05) is 25.2 Å². The minimum absolute atomic E-state index is 0.0770. The maximum atomic E-state index is 12.8. The van der Waals surface area contributed by atoms with Gasteiger partial charge in [0.2, 0.25) is 0 Å². The van der Waals surface area contributed by atoms with E-state index in [2.05, 4.69) is 10.2 Å². The summed E-state index contributed by atoms with van der Waals surface area (Å²) in [6.07, 6.45) is 3.97. The Kier molecular flexibility index (Phi) is 3.82. The third-order valence-electron chi connectivity index (χ3n) is 5.74. The predicted molar refractivity (Wildman–Crippen MR) is 91.1 cm³/mol. The minimum atomic E-state index is -0.0770. The monoisotopic (exact) mass is 344 g/mol. The summed E-state index contributed by atoms with van der Waals surface area (Å²) in [6.45, 7) is 3.73. The molecule has 134 valence electrons. The average Bonchev–Trinajstić information content (AvgIpc) is 3.41. The van der Waals surface area contributed by atoms with Gasteiger partial charge in [-0.25, -0.2) is 0 Å². The number of hydrogen-bond acceptors (Lipinski definition) is 5. The van der Waals surface area contributed by atoms with E-state index in [9.17, 15) is 4.79 Å². The lowest BCUT2D eigenvalue weighted by atomic mass is 10.1. The number of para-hydroxylation sites is 1. The number of benzene rings is 1. The van der Waals surface area contributed by atoms with Crippen LogP contribution in [0, 0.1) is 5.92 Å². The summed E-state index contributed by atoms with van der Waals surface area (Å²) in [7, 11) is 0. The highest BCUT2D eigenvalue weighted by atomic mass is 16.6. The Morgan fingerprint density at radius 2 is 2.04 bits per heavy atom. The average molecular weight is 344 g/mol. The van der Waals surface area contributed by atoms with Crippen LogP contribution in [0.5, 0.6) is 11.5 Å². The molecule has 0 spiro atoms. The van der Waals surface area contributed by atoms with Crippen molar-refractivity contribution >= 4 is 5.91 Å². The topological polar surface area (TPSA) is 60.0 Å². The standard InChI is InChI=1S/C19H24N2O4/c22-19(15-2-1-3-16-18(15)24-7-6-23-16)20-13-8-14-11-25-17(12-4-5-12)10-21(14)9-13/h1-3,12-14,17H,4-11H2,(H,20,22)/t13-,14-,17+/m0/s1. The van der Waals surface area contributed by atoms with Gasteiger partial charge in [0.05, 0.1) is 18.3 Å². The van der Waals surface area contributed by atoms with Crippen LogP contribution < -0.4 is 14.8 Å². The quantitative estimate of drug-likeness (QED) is 0.899. The van der Waals surface area contributed by atoms with E-state index in [4.69, 9.17) is 14.2 Å². The Balaban J connectivity index is 1.25. The van der Waals surface area contributed by atoms with E-state index in [0.29, 0.717) is 42.4 Å². The van der Waals surface area contributed by atoms with Crippen molar-refractivity contribution < 1.29 is 19.0 Å². The lowest BCUT2D eigenvalue weighted by Crippen LogP contribution is -2.47. The van der Waals surface area contributed by atoms with Gasteiger partial charge in [-0.15, -0.1) is 0 Å². The van der Waals surface area contributed by atoms with E-state index in [-0.39, 0.29) is 11.9 Å². The Labute approximate surface area is 147 Å². The van der Waals surface area contributed by atoms with Crippen molar-refractivity contribution in [2.75, 3.05) is 32.9 Å². The van der Waals surface area contributed by atoms with E-state index >= 15 is 0 Å². The first kappa shape index (κ1) is 15.5. The summed E-state index contributed by atoms with van der Waals surface area (Å²) in [5.74, 6) is 1.91. The smallest absolute Gasteiger partial charge is 0.255 e. The normalized spacial score (nSPS) is 31.4. The van der Waals surface area contributed by atoms with Gasteiger partial charge < -0.3 is 19.5 Å². The van der Waals surface area contributed by atoms with Crippen LogP contribution in [0.4, 0.5) is 0 Å². The van der Waals surface area contributed by atoms with Crippen LogP contribution in [0.15, 0.2) is 18.2 Å². The number of hydrogen-bond donors (Lipinski definition) is 1. The summed E-state index contributed by atoms with van der Waals surface area (Å²) in [4.78, 5) is 15.3. The number of rotatable bonds is 3. The van der Waals surface area contributed by atoms with Crippen LogP contribution in [-0.4, -0.2) is 61.9 Å². The van der Waals surface area contributed by atoms with Gasteiger partial charge in [-0.1, -0.05) is 6.07 Å². The van der Waals surface area contributed by atoms with Gasteiger partial charge in [-0.3, -0.25) is 9.69 Å². The second kappa shape index (κ2) is 6.18. The molecule has 1 aliphatic carbocycles. The van der Waals surface area contributed by atoms with E-state index in [0.717, 1.165) is 32.0 Å². The molecular weight excluding hydrogens is 320 g/mol. The number of nitrogens with one attached hydrogen (secondary N) is 1. The van der Waals surface area contributed by atoms with E-state index in [1.807, 2.05) is 12.1 Å². The molecule has 2 saturated heterocycles. The Morgan fingerprint density at radius 1 is 1.16 bits per heavy atom. The Hall–Kier alpha value is -1.79. The first-order chi connectivity index (χ1) is 12.3. The van der Waals surface area contributed by atoms with Gasteiger partial charge in [0.1, 0.15) is 13.2 Å². The molecule has 6 heteroatoms. The van der Waals surface area contributed by atoms with Gasteiger partial charge in [0.15, 0.2) is 11.5 Å². The highest BCUT2D eigenvalue weighted by Gasteiger charge is 2.42. The van der Waals surface area contributed by atoms with Crippen molar-refractivity contribution in [2.24, 2.45) is 5.92 Å². The van der Waals surface area contributed by atoms with Crippen molar-refractivity contribution in [1.29, 1.82) is 0 Å². The molecule has 0 unspecified atom stereocenters. The summed E-state index contributed by atoms with van der Waals surface area (Å²) in [5.41, 5.74) is 0.564. The molecule has 0 aromatic heterocycles. The fourth-order valence-corrected chi connectivity index (χ4v) is 4.27. The molecule has 5 rings (SSSR count). The highest BCUT2D eigenvalue weighted by molar-refractivity contribution is 5.98. The molecule has 6 nitrogen and oxygen atoms in total. The van der Waals surface area contributed by atoms with Gasteiger partial charge >= 0.3 is 0 Å². The number of carbonyl (C=O) groups excluding carboxylic acids is 1. The molecule has 3 atom stereocenters. The molecule has 25 heavy (non-hydrogen) atoms. The number of ether oxygens (including phenoxy) is 3. The molecule has 1 aromatic rings. The third kappa shape index (κ3) is 2.98. The van der Waals surface area contributed by atoms with E-state index in [1.165, 1.54) is 12.8 Å². The van der Waals surface area contributed by atoms with Crippen LogP contribution in [0.1, 0.15) is 29.6 Å². The van der Waals surface area contributed by atoms with Crippen LogP contribution in [-0.2, 0) is 4.74 Å². The molecule has 3 heterocycles. The number of amides is 1. The van der Waals surface area contributed by atoms with Crippen LogP contribution in [0.3, 0.4) is 0 Å². The molecule has 1 amide bonds. The molecule has 1 aromatic carbocycles. The predicted octanol–water partition coefficient (Wildman–Crippen LogP) is 1.44. The van der Waals surface area contributed by atoms with Gasteiger partial charge in [-0.2, -0.15) is 0 Å². The third-order valence-corrected chi connectivity index (χ3v) is 5.74. The second-order valence-corrected chi connectivity index (χ2v) is 7.55. The number of morpholine rings is 1.